The molecule has 0 amide bonds. The van der Waals surface area contributed by atoms with Crippen molar-refractivity contribution in [2.75, 3.05) is 6.54 Å². The number of rotatable bonds is 3. The zero-order valence-electron chi connectivity index (χ0n) is 8.36. The van der Waals surface area contributed by atoms with E-state index in [4.69, 9.17) is 5.73 Å². The monoisotopic (exact) mass is 183 g/mol. The molecular weight excluding hydrogens is 166 g/mol. The molecule has 0 saturated heterocycles. The molecule has 1 aromatic rings. The molecule has 0 aliphatic carbocycles. The highest BCUT2D eigenvalue weighted by Crippen LogP contribution is 2.26. The summed E-state index contributed by atoms with van der Waals surface area (Å²) < 4.78 is 1.67. The number of nitrogens with zero attached hydrogens (tertiary/aromatic N) is 2. The first-order valence-corrected chi connectivity index (χ1v) is 4.43. The van der Waals surface area contributed by atoms with Gasteiger partial charge in [-0.15, -0.1) is 0 Å². The summed E-state index contributed by atoms with van der Waals surface area (Å²) in [6, 6.07) is 1.80. The fraction of sp³-hybridized carbons (Fsp3) is 0.667. The molecule has 1 unspecified atom stereocenters. The topological polar surface area (TPSA) is 64.1 Å². The first-order chi connectivity index (χ1) is 6.00. The van der Waals surface area contributed by atoms with E-state index >= 15 is 0 Å². The van der Waals surface area contributed by atoms with E-state index in [-0.39, 0.29) is 12.5 Å². The smallest absolute Gasteiger partial charge is 0.123 e. The van der Waals surface area contributed by atoms with E-state index in [2.05, 4.69) is 5.10 Å². The summed E-state index contributed by atoms with van der Waals surface area (Å²) in [6.45, 7) is 4.06. The molecule has 4 nitrogen and oxygen atoms in total. The first kappa shape index (κ1) is 10.2. The molecule has 3 N–H and O–H groups in total. The van der Waals surface area contributed by atoms with E-state index < -0.39 is 5.60 Å². The summed E-state index contributed by atoms with van der Waals surface area (Å²) in [5, 5.41) is 14.3. The normalized spacial score (nSPS) is 16.2. The third kappa shape index (κ3) is 1.73. The van der Waals surface area contributed by atoms with Crippen molar-refractivity contribution in [1.29, 1.82) is 0 Å². The van der Waals surface area contributed by atoms with Gasteiger partial charge in [-0.05, 0) is 12.0 Å². The van der Waals surface area contributed by atoms with Crippen LogP contribution in [0.2, 0.25) is 0 Å². The third-order valence-electron chi connectivity index (χ3n) is 2.42. The summed E-state index contributed by atoms with van der Waals surface area (Å²) >= 11 is 0. The lowest BCUT2D eigenvalue weighted by Gasteiger charge is -2.28. The lowest BCUT2D eigenvalue weighted by molar-refractivity contribution is -0.00567. The Morgan fingerprint density at radius 3 is 2.62 bits per heavy atom. The van der Waals surface area contributed by atoms with E-state index in [0.29, 0.717) is 5.69 Å². The van der Waals surface area contributed by atoms with Crippen LogP contribution in [0.3, 0.4) is 0 Å². The minimum Gasteiger partial charge on any atom is -0.382 e. The minimum atomic E-state index is -0.999. The maximum Gasteiger partial charge on any atom is 0.123 e. The lowest BCUT2D eigenvalue weighted by Crippen LogP contribution is -2.40. The van der Waals surface area contributed by atoms with Gasteiger partial charge in [-0.1, -0.05) is 13.8 Å². The second-order valence-corrected chi connectivity index (χ2v) is 3.66. The van der Waals surface area contributed by atoms with Crippen LogP contribution in [-0.4, -0.2) is 21.4 Å². The van der Waals surface area contributed by atoms with Gasteiger partial charge in [0.2, 0.25) is 0 Å². The maximum absolute atomic E-state index is 10.2. The molecule has 1 heterocycles. The van der Waals surface area contributed by atoms with E-state index in [1.807, 2.05) is 20.9 Å². The fourth-order valence-corrected chi connectivity index (χ4v) is 1.28. The highest BCUT2D eigenvalue weighted by Gasteiger charge is 2.33. The Hall–Kier alpha value is -0.870. The van der Waals surface area contributed by atoms with Crippen LogP contribution in [0.4, 0.5) is 0 Å². The summed E-state index contributed by atoms with van der Waals surface area (Å²) in [5.41, 5.74) is 5.20. The molecule has 1 rings (SSSR count). The second kappa shape index (κ2) is 3.47. The molecule has 1 aromatic heterocycles. The number of hydrogen-bond acceptors (Lipinski definition) is 3. The van der Waals surface area contributed by atoms with Crippen molar-refractivity contribution in [3.63, 3.8) is 0 Å². The van der Waals surface area contributed by atoms with Crippen molar-refractivity contribution in [3.8, 4) is 0 Å². The van der Waals surface area contributed by atoms with Gasteiger partial charge < -0.3 is 10.8 Å². The zero-order chi connectivity index (χ0) is 10.1. The average Bonchev–Trinajstić information content (AvgIpc) is 2.50. The Bertz CT molecular complexity index is 282. The predicted octanol–water partition coefficient (Wildman–Crippen LogP) is 0.222. The first-order valence-electron chi connectivity index (χ1n) is 4.43. The van der Waals surface area contributed by atoms with Gasteiger partial charge in [-0.3, -0.25) is 4.68 Å². The van der Waals surface area contributed by atoms with Crippen LogP contribution in [0.25, 0.3) is 0 Å². The fourth-order valence-electron chi connectivity index (χ4n) is 1.28. The van der Waals surface area contributed by atoms with Crippen LogP contribution in [0, 0.1) is 5.92 Å². The van der Waals surface area contributed by atoms with Crippen molar-refractivity contribution >= 4 is 0 Å². The van der Waals surface area contributed by atoms with Crippen LogP contribution in [0.5, 0.6) is 0 Å². The average molecular weight is 183 g/mol. The molecule has 0 saturated carbocycles. The van der Waals surface area contributed by atoms with Crippen molar-refractivity contribution in [3.05, 3.63) is 18.0 Å². The Morgan fingerprint density at radius 1 is 1.69 bits per heavy atom. The standard InChI is InChI=1S/C9H17N3O/c1-7(2)9(13,6-10)8-4-5-12(3)11-8/h4-5,7,13H,6,10H2,1-3H3. The molecule has 0 spiro atoms. The highest BCUT2D eigenvalue weighted by atomic mass is 16.3. The Labute approximate surface area is 78.4 Å². The molecule has 0 radical (unpaired) electrons. The molecular formula is C9H17N3O. The summed E-state index contributed by atoms with van der Waals surface area (Å²) in [4.78, 5) is 0. The van der Waals surface area contributed by atoms with Crippen molar-refractivity contribution in [1.82, 2.24) is 9.78 Å². The van der Waals surface area contributed by atoms with Crippen molar-refractivity contribution in [2.45, 2.75) is 19.4 Å². The quantitative estimate of drug-likeness (QED) is 0.704. The SMILES string of the molecule is CC(C)C(O)(CN)c1ccn(C)n1. The van der Waals surface area contributed by atoms with Crippen LogP contribution in [0.15, 0.2) is 12.3 Å². The molecule has 74 valence electrons. The zero-order valence-corrected chi connectivity index (χ0v) is 8.36. The van der Waals surface area contributed by atoms with Gasteiger partial charge in [0.15, 0.2) is 0 Å². The number of aromatic nitrogens is 2. The number of hydrogen-bond donors (Lipinski definition) is 2. The Morgan fingerprint density at radius 2 is 2.31 bits per heavy atom. The molecule has 0 aliphatic heterocycles. The minimum absolute atomic E-state index is 0.0624. The number of aliphatic hydroxyl groups is 1. The summed E-state index contributed by atoms with van der Waals surface area (Å²) in [7, 11) is 1.82. The predicted molar refractivity (Wildman–Crippen MR) is 51.0 cm³/mol. The van der Waals surface area contributed by atoms with Crippen LogP contribution in [-0.2, 0) is 12.6 Å². The molecule has 4 heteroatoms. The molecule has 13 heavy (non-hydrogen) atoms. The highest BCUT2D eigenvalue weighted by molar-refractivity contribution is 5.12. The molecule has 0 aliphatic rings. The Balaban J connectivity index is 3.02. The molecule has 0 bridgehead atoms. The Kier molecular flexibility index (Phi) is 2.73. The van der Waals surface area contributed by atoms with Gasteiger partial charge in [-0.25, -0.2) is 0 Å². The number of nitrogens with two attached hydrogens (primary N) is 1. The van der Waals surface area contributed by atoms with Gasteiger partial charge >= 0.3 is 0 Å². The van der Waals surface area contributed by atoms with Crippen LogP contribution in [0.1, 0.15) is 19.5 Å². The van der Waals surface area contributed by atoms with Crippen LogP contribution < -0.4 is 5.73 Å². The number of aryl methyl sites for hydroxylation is 1. The largest absolute Gasteiger partial charge is 0.382 e. The van der Waals surface area contributed by atoms with E-state index in [9.17, 15) is 5.11 Å². The molecule has 1 atom stereocenters. The van der Waals surface area contributed by atoms with Crippen molar-refractivity contribution in [2.24, 2.45) is 18.7 Å². The molecule has 0 fully saturated rings. The van der Waals surface area contributed by atoms with Gasteiger partial charge in [-0.2, -0.15) is 5.10 Å². The maximum atomic E-state index is 10.2. The van der Waals surface area contributed by atoms with Gasteiger partial charge in [0, 0.05) is 19.8 Å². The van der Waals surface area contributed by atoms with Crippen molar-refractivity contribution < 1.29 is 5.11 Å². The second-order valence-electron chi connectivity index (χ2n) is 3.66. The molecule has 0 aromatic carbocycles. The van der Waals surface area contributed by atoms with E-state index in [1.54, 1.807) is 16.9 Å². The van der Waals surface area contributed by atoms with Gasteiger partial charge in [0.25, 0.3) is 0 Å². The third-order valence-corrected chi connectivity index (χ3v) is 2.42. The lowest BCUT2D eigenvalue weighted by atomic mass is 9.87. The van der Waals surface area contributed by atoms with Gasteiger partial charge in [0.1, 0.15) is 5.60 Å². The van der Waals surface area contributed by atoms with E-state index in [1.165, 1.54) is 0 Å². The van der Waals surface area contributed by atoms with E-state index in [0.717, 1.165) is 0 Å². The van der Waals surface area contributed by atoms with Crippen LogP contribution >= 0.6 is 0 Å². The summed E-state index contributed by atoms with van der Waals surface area (Å²) in [5.74, 6) is 0.0624. The summed E-state index contributed by atoms with van der Waals surface area (Å²) in [6.07, 6.45) is 1.80. The van der Waals surface area contributed by atoms with Gasteiger partial charge in [0.05, 0.1) is 5.69 Å².